The van der Waals surface area contributed by atoms with Gasteiger partial charge in [0.25, 0.3) is 0 Å². The maximum Gasteiger partial charge on any atom is 0.220 e. The summed E-state index contributed by atoms with van der Waals surface area (Å²) in [5.74, 6) is -0.300. The maximum atomic E-state index is 13.6. The third kappa shape index (κ3) is 6.57. The number of carbonyl (C=O) groups is 1. The number of likely N-dealkylation sites (N-methyl/N-ethyl adjacent to an activating group) is 1. The van der Waals surface area contributed by atoms with Crippen LogP contribution in [0.4, 0.5) is 4.39 Å². The van der Waals surface area contributed by atoms with Crippen LogP contribution in [0.15, 0.2) is 22.7 Å². The Morgan fingerprint density at radius 1 is 1.43 bits per heavy atom. The van der Waals surface area contributed by atoms with E-state index in [1.54, 1.807) is 12.1 Å². The highest BCUT2D eigenvalue weighted by molar-refractivity contribution is 9.10. The van der Waals surface area contributed by atoms with Crippen molar-refractivity contribution < 1.29 is 9.18 Å². The molecule has 0 fully saturated rings. The molecule has 0 saturated heterocycles. The van der Waals surface area contributed by atoms with Crippen molar-refractivity contribution in [1.82, 2.24) is 10.2 Å². The number of benzene rings is 1. The van der Waals surface area contributed by atoms with E-state index >= 15 is 0 Å². The Morgan fingerprint density at radius 2 is 2.14 bits per heavy atom. The van der Waals surface area contributed by atoms with E-state index < -0.39 is 0 Å². The van der Waals surface area contributed by atoms with Crippen molar-refractivity contribution in [3.8, 4) is 0 Å². The summed E-state index contributed by atoms with van der Waals surface area (Å²) < 4.78 is 14.3. The van der Waals surface area contributed by atoms with Crippen LogP contribution in [0, 0.1) is 5.82 Å². The van der Waals surface area contributed by atoms with Gasteiger partial charge in [0.1, 0.15) is 5.82 Å². The molecule has 0 aromatic heterocycles. The number of hydrogen-bond donors (Lipinski definition) is 1. The van der Waals surface area contributed by atoms with Crippen molar-refractivity contribution >= 4 is 21.8 Å². The summed E-state index contributed by atoms with van der Waals surface area (Å²) in [6, 6.07) is 5.40. The topological polar surface area (TPSA) is 32.3 Å². The predicted molar refractivity (Wildman–Crippen MR) is 87.8 cm³/mol. The first-order valence-electron chi connectivity index (χ1n) is 7.38. The molecule has 1 aromatic carbocycles. The molecule has 21 heavy (non-hydrogen) atoms. The van der Waals surface area contributed by atoms with Gasteiger partial charge >= 0.3 is 0 Å². The Hall–Kier alpha value is -0.940. The Balaban J connectivity index is 2.31. The Kier molecular flexibility index (Phi) is 7.89. The highest BCUT2D eigenvalue weighted by atomic mass is 79.9. The molecule has 0 atom stereocenters. The minimum Gasteiger partial charge on any atom is -0.355 e. The lowest BCUT2D eigenvalue weighted by Gasteiger charge is -2.24. The maximum absolute atomic E-state index is 13.6. The molecule has 1 rings (SSSR count). The average molecular weight is 359 g/mol. The molecule has 0 bridgehead atoms. The smallest absolute Gasteiger partial charge is 0.220 e. The van der Waals surface area contributed by atoms with Crippen LogP contribution in [0.3, 0.4) is 0 Å². The van der Waals surface area contributed by atoms with E-state index in [2.05, 4.69) is 46.9 Å². The van der Waals surface area contributed by atoms with Crippen LogP contribution >= 0.6 is 15.9 Å². The summed E-state index contributed by atoms with van der Waals surface area (Å²) in [6.07, 6.45) is 0.735. The summed E-state index contributed by atoms with van der Waals surface area (Å²) in [5, 5.41) is 2.89. The standard InChI is InChI=1S/C16H24BrFN2O/c1-4-20(12(2)3)10-9-19-16(21)8-6-13-5-7-14(17)11-15(13)18/h5,7,11-12H,4,6,8-10H2,1-3H3,(H,19,21). The van der Waals surface area contributed by atoms with Gasteiger partial charge in [0.05, 0.1) is 0 Å². The fourth-order valence-corrected chi connectivity index (χ4v) is 2.51. The van der Waals surface area contributed by atoms with Gasteiger partial charge in [-0.3, -0.25) is 9.69 Å². The molecule has 0 aliphatic carbocycles. The Morgan fingerprint density at radius 3 is 2.71 bits per heavy atom. The molecule has 0 heterocycles. The molecule has 0 unspecified atom stereocenters. The second kappa shape index (κ2) is 9.15. The zero-order valence-corrected chi connectivity index (χ0v) is 14.5. The molecule has 0 spiro atoms. The summed E-state index contributed by atoms with van der Waals surface area (Å²) in [4.78, 5) is 14.1. The SMILES string of the molecule is CCN(CCNC(=O)CCc1ccc(Br)cc1F)C(C)C. The van der Waals surface area contributed by atoms with Crippen LogP contribution in [0.5, 0.6) is 0 Å². The number of halogens is 2. The lowest BCUT2D eigenvalue weighted by molar-refractivity contribution is -0.121. The third-order valence-corrected chi connectivity index (χ3v) is 3.99. The van der Waals surface area contributed by atoms with Gasteiger partial charge in [-0.05, 0) is 44.5 Å². The van der Waals surface area contributed by atoms with Crippen LogP contribution < -0.4 is 5.32 Å². The molecular formula is C16H24BrFN2O. The van der Waals surface area contributed by atoms with Gasteiger partial charge in [-0.25, -0.2) is 4.39 Å². The quantitative estimate of drug-likeness (QED) is 0.772. The van der Waals surface area contributed by atoms with Gasteiger partial charge in [0.15, 0.2) is 0 Å². The Bertz CT molecular complexity index is 466. The zero-order chi connectivity index (χ0) is 15.8. The largest absolute Gasteiger partial charge is 0.355 e. The highest BCUT2D eigenvalue weighted by Gasteiger charge is 2.09. The van der Waals surface area contributed by atoms with Gasteiger partial charge < -0.3 is 5.32 Å². The van der Waals surface area contributed by atoms with Crippen molar-refractivity contribution in [2.75, 3.05) is 19.6 Å². The first-order chi connectivity index (χ1) is 9.93. The molecule has 1 amide bonds. The molecule has 0 aliphatic rings. The lowest BCUT2D eigenvalue weighted by Crippen LogP contribution is -2.38. The van der Waals surface area contributed by atoms with E-state index in [-0.39, 0.29) is 11.7 Å². The summed E-state index contributed by atoms with van der Waals surface area (Å²) in [7, 11) is 0. The van der Waals surface area contributed by atoms with Crippen LogP contribution in [0.25, 0.3) is 0 Å². The van der Waals surface area contributed by atoms with Crippen LogP contribution in [-0.4, -0.2) is 36.5 Å². The highest BCUT2D eigenvalue weighted by Crippen LogP contribution is 2.16. The van der Waals surface area contributed by atoms with E-state index in [9.17, 15) is 9.18 Å². The van der Waals surface area contributed by atoms with Crippen LogP contribution in [0.2, 0.25) is 0 Å². The monoisotopic (exact) mass is 358 g/mol. The van der Waals surface area contributed by atoms with E-state index in [4.69, 9.17) is 0 Å². The molecular weight excluding hydrogens is 335 g/mol. The van der Waals surface area contributed by atoms with Crippen molar-refractivity contribution in [3.63, 3.8) is 0 Å². The van der Waals surface area contributed by atoms with Gasteiger partial charge in [-0.1, -0.05) is 28.9 Å². The molecule has 118 valence electrons. The van der Waals surface area contributed by atoms with Crippen molar-refractivity contribution in [3.05, 3.63) is 34.1 Å². The van der Waals surface area contributed by atoms with E-state index in [1.807, 2.05) is 0 Å². The lowest BCUT2D eigenvalue weighted by atomic mass is 10.1. The number of nitrogens with one attached hydrogen (secondary N) is 1. The molecule has 0 radical (unpaired) electrons. The normalized spacial score (nSPS) is 11.2. The van der Waals surface area contributed by atoms with Gasteiger partial charge in [-0.15, -0.1) is 0 Å². The molecule has 1 N–H and O–H groups in total. The first kappa shape index (κ1) is 18.1. The second-order valence-corrected chi connectivity index (χ2v) is 6.22. The average Bonchev–Trinajstić information content (AvgIpc) is 2.42. The molecule has 0 aliphatic heterocycles. The number of carbonyl (C=O) groups excluding carboxylic acids is 1. The zero-order valence-electron chi connectivity index (χ0n) is 13.0. The van der Waals surface area contributed by atoms with Gasteiger partial charge in [0, 0.05) is 30.0 Å². The minimum absolute atomic E-state index is 0.0304. The van der Waals surface area contributed by atoms with E-state index in [1.165, 1.54) is 6.07 Å². The molecule has 5 heteroatoms. The molecule has 1 aromatic rings. The summed E-state index contributed by atoms with van der Waals surface area (Å²) in [6.45, 7) is 8.83. The van der Waals surface area contributed by atoms with Crippen molar-refractivity contribution in [1.29, 1.82) is 0 Å². The van der Waals surface area contributed by atoms with Crippen LogP contribution in [0.1, 0.15) is 32.8 Å². The van der Waals surface area contributed by atoms with E-state index in [0.29, 0.717) is 35.5 Å². The Labute approximate surface area is 135 Å². The second-order valence-electron chi connectivity index (χ2n) is 5.31. The number of amides is 1. The number of hydrogen-bond acceptors (Lipinski definition) is 2. The first-order valence-corrected chi connectivity index (χ1v) is 8.18. The fraction of sp³-hybridized carbons (Fsp3) is 0.562. The number of nitrogens with zero attached hydrogens (tertiary/aromatic N) is 1. The summed E-state index contributed by atoms with van der Waals surface area (Å²) >= 11 is 3.22. The van der Waals surface area contributed by atoms with Gasteiger partial charge in [0.2, 0.25) is 5.91 Å². The third-order valence-electron chi connectivity index (χ3n) is 3.49. The molecule has 0 saturated carbocycles. The predicted octanol–water partition coefficient (Wildman–Crippen LogP) is 3.37. The number of aryl methyl sites for hydroxylation is 1. The van der Waals surface area contributed by atoms with E-state index in [0.717, 1.165) is 13.1 Å². The summed E-state index contributed by atoms with van der Waals surface area (Å²) in [5.41, 5.74) is 0.575. The fourth-order valence-electron chi connectivity index (χ4n) is 2.18. The minimum atomic E-state index is -0.269. The molecule has 3 nitrogen and oxygen atoms in total. The van der Waals surface area contributed by atoms with Crippen LogP contribution in [-0.2, 0) is 11.2 Å². The van der Waals surface area contributed by atoms with Gasteiger partial charge in [-0.2, -0.15) is 0 Å². The van der Waals surface area contributed by atoms with Crippen molar-refractivity contribution in [2.24, 2.45) is 0 Å². The van der Waals surface area contributed by atoms with Crippen molar-refractivity contribution in [2.45, 2.75) is 39.7 Å². The number of rotatable bonds is 8.